The lowest BCUT2D eigenvalue weighted by Gasteiger charge is -2.24. The molecule has 1 aromatic carbocycles. The number of halogens is 3. The SMILES string of the molecule is N[C@H](c1ccccc1CCC1OCCCO1)C(F)(F)F. The predicted octanol–water partition coefficient (Wildman–Crippen LogP) is 2.94. The van der Waals surface area contributed by atoms with Gasteiger partial charge in [-0.15, -0.1) is 0 Å². The lowest BCUT2D eigenvalue weighted by Crippen LogP contribution is -2.30. The number of rotatable bonds is 4. The molecule has 2 rings (SSSR count). The second-order valence-corrected chi connectivity index (χ2v) is 4.78. The summed E-state index contributed by atoms with van der Waals surface area (Å²) in [5.74, 6) is 0. The first-order chi connectivity index (χ1) is 9.48. The first-order valence-electron chi connectivity index (χ1n) is 6.62. The molecule has 1 fully saturated rings. The Morgan fingerprint density at radius 3 is 2.50 bits per heavy atom. The van der Waals surface area contributed by atoms with Gasteiger partial charge in [0.1, 0.15) is 6.04 Å². The fourth-order valence-electron chi connectivity index (χ4n) is 2.22. The Morgan fingerprint density at radius 2 is 1.85 bits per heavy atom. The molecule has 1 aromatic rings. The van der Waals surface area contributed by atoms with Gasteiger partial charge < -0.3 is 15.2 Å². The summed E-state index contributed by atoms with van der Waals surface area (Å²) >= 11 is 0. The number of alkyl halides is 3. The lowest BCUT2D eigenvalue weighted by molar-refractivity contribution is -0.180. The van der Waals surface area contributed by atoms with E-state index in [1.807, 2.05) is 0 Å². The van der Waals surface area contributed by atoms with Gasteiger partial charge in [0, 0.05) is 6.42 Å². The van der Waals surface area contributed by atoms with Crippen molar-refractivity contribution in [3.8, 4) is 0 Å². The molecule has 0 aliphatic carbocycles. The Bertz CT molecular complexity index is 431. The highest BCUT2D eigenvalue weighted by molar-refractivity contribution is 5.31. The van der Waals surface area contributed by atoms with Gasteiger partial charge in [0.25, 0.3) is 0 Å². The third-order valence-electron chi connectivity index (χ3n) is 3.29. The number of ether oxygens (including phenoxy) is 2. The molecule has 1 heterocycles. The summed E-state index contributed by atoms with van der Waals surface area (Å²) in [6, 6.07) is 4.43. The van der Waals surface area contributed by atoms with Crippen LogP contribution in [0, 0.1) is 0 Å². The van der Waals surface area contributed by atoms with Gasteiger partial charge >= 0.3 is 6.18 Å². The van der Waals surface area contributed by atoms with Crippen molar-refractivity contribution >= 4 is 0 Å². The van der Waals surface area contributed by atoms with E-state index in [0.29, 0.717) is 31.6 Å². The molecule has 0 unspecified atom stereocenters. The molecule has 0 aromatic heterocycles. The molecule has 0 saturated carbocycles. The third kappa shape index (κ3) is 3.94. The molecule has 3 nitrogen and oxygen atoms in total. The van der Waals surface area contributed by atoms with E-state index in [0.717, 1.165) is 6.42 Å². The number of hydrogen-bond donors (Lipinski definition) is 1. The van der Waals surface area contributed by atoms with Crippen LogP contribution >= 0.6 is 0 Å². The van der Waals surface area contributed by atoms with Crippen molar-refractivity contribution in [3.63, 3.8) is 0 Å². The molecule has 6 heteroatoms. The van der Waals surface area contributed by atoms with Crippen LogP contribution in [0.4, 0.5) is 13.2 Å². The largest absolute Gasteiger partial charge is 0.407 e. The molecule has 0 radical (unpaired) electrons. The zero-order chi connectivity index (χ0) is 14.6. The van der Waals surface area contributed by atoms with Gasteiger partial charge in [0.05, 0.1) is 13.2 Å². The monoisotopic (exact) mass is 289 g/mol. The fraction of sp³-hybridized carbons (Fsp3) is 0.571. The summed E-state index contributed by atoms with van der Waals surface area (Å²) in [5, 5.41) is 0. The van der Waals surface area contributed by atoms with Gasteiger partial charge in [-0.2, -0.15) is 13.2 Å². The quantitative estimate of drug-likeness (QED) is 0.927. The van der Waals surface area contributed by atoms with E-state index in [-0.39, 0.29) is 11.9 Å². The number of benzene rings is 1. The van der Waals surface area contributed by atoms with Gasteiger partial charge in [0.2, 0.25) is 0 Å². The minimum Gasteiger partial charge on any atom is -0.353 e. The van der Waals surface area contributed by atoms with Gasteiger partial charge in [-0.05, 0) is 24.0 Å². The van der Waals surface area contributed by atoms with Crippen LogP contribution in [-0.4, -0.2) is 25.7 Å². The smallest absolute Gasteiger partial charge is 0.353 e. The Labute approximate surface area is 115 Å². The van der Waals surface area contributed by atoms with E-state index in [1.54, 1.807) is 18.2 Å². The van der Waals surface area contributed by atoms with Gasteiger partial charge in [-0.25, -0.2) is 0 Å². The molecule has 0 spiro atoms. The Balaban J connectivity index is 2.04. The van der Waals surface area contributed by atoms with E-state index < -0.39 is 12.2 Å². The standard InChI is InChI=1S/C14H18F3NO2/c15-14(16,17)13(18)11-5-2-1-4-10(11)6-7-12-19-8-3-9-20-12/h1-2,4-5,12-13H,3,6-9,18H2/t13-/m1/s1. The van der Waals surface area contributed by atoms with Crippen LogP contribution in [0.5, 0.6) is 0 Å². The molecule has 1 aliphatic rings. The van der Waals surface area contributed by atoms with E-state index >= 15 is 0 Å². The number of hydrogen-bond acceptors (Lipinski definition) is 3. The van der Waals surface area contributed by atoms with Crippen molar-refractivity contribution in [1.29, 1.82) is 0 Å². The molecular formula is C14H18F3NO2. The molecule has 0 bridgehead atoms. The highest BCUT2D eigenvalue weighted by atomic mass is 19.4. The van der Waals surface area contributed by atoms with Crippen LogP contribution < -0.4 is 5.73 Å². The average Bonchev–Trinajstić information content (AvgIpc) is 2.45. The zero-order valence-corrected chi connectivity index (χ0v) is 11.0. The number of aryl methyl sites for hydroxylation is 1. The summed E-state index contributed by atoms with van der Waals surface area (Å²) < 4.78 is 49.0. The minimum absolute atomic E-state index is 0.121. The van der Waals surface area contributed by atoms with Crippen LogP contribution in [-0.2, 0) is 15.9 Å². The summed E-state index contributed by atoms with van der Waals surface area (Å²) in [6.07, 6.45) is -2.94. The summed E-state index contributed by atoms with van der Waals surface area (Å²) in [6.45, 7) is 1.27. The van der Waals surface area contributed by atoms with Crippen LogP contribution in [0.1, 0.15) is 30.0 Å². The molecule has 1 atom stereocenters. The van der Waals surface area contributed by atoms with Crippen LogP contribution in [0.15, 0.2) is 24.3 Å². The second kappa shape index (κ2) is 6.56. The van der Waals surface area contributed by atoms with E-state index in [9.17, 15) is 13.2 Å². The third-order valence-corrected chi connectivity index (χ3v) is 3.29. The minimum atomic E-state index is -4.44. The van der Waals surface area contributed by atoms with E-state index in [2.05, 4.69) is 0 Å². The normalized spacial score (nSPS) is 19.0. The van der Waals surface area contributed by atoms with Crippen LogP contribution in [0.3, 0.4) is 0 Å². The molecule has 1 saturated heterocycles. The summed E-state index contributed by atoms with van der Waals surface area (Å²) in [7, 11) is 0. The van der Waals surface area contributed by atoms with Gasteiger partial charge in [0.15, 0.2) is 6.29 Å². The zero-order valence-electron chi connectivity index (χ0n) is 11.0. The predicted molar refractivity (Wildman–Crippen MR) is 68.1 cm³/mol. The van der Waals surface area contributed by atoms with E-state index in [4.69, 9.17) is 15.2 Å². The summed E-state index contributed by atoms with van der Waals surface area (Å²) in [5.41, 5.74) is 6.01. The van der Waals surface area contributed by atoms with Gasteiger partial charge in [-0.1, -0.05) is 24.3 Å². The molecule has 112 valence electrons. The Hall–Kier alpha value is -1.11. The van der Waals surface area contributed by atoms with Crippen molar-refractivity contribution in [3.05, 3.63) is 35.4 Å². The van der Waals surface area contributed by atoms with Crippen molar-refractivity contribution in [2.75, 3.05) is 13.2 Å². The average molecular weight is 289 g/mol. The molecule has 1 aliphatic heterocycles. The maximum Gasteiger partial charge on any atom is 0.407 e. The maximum atomic E-state index is 12.7. The van der Waals surface area contributed by atoms with Crippen molar-refractivity contribution in [2.24, 2.45) is 5.73 Å². The second-order valence-electron chi connectivity index (χ2n) is 4.78. The summed E-state index contributed by atoms with van der Waals surface area (Å²) in [4.78, 5) is 0. The maximum absolute atomic E-state index is 12.7. The Kier molecular flexibility index (Phi) is 5.01. The molecule has 2 N–H and O–H groups in total. The molecule has 20 heavy (non-hydrogen) atoms. The van der Waals surface area contributed by atoms with Crippen LogP contribution in [0.2, 0.25) is 0 Å². The number of nitrogens with two attached hydrogens (primary N) is 1. The lowest BCUT2D eigenvalue weighted by atomic mass is 9.97. The van der Waals surface area contributed by atoms with Gasteiger partial charge in [-0.3, -0.25) is 0 Å². The highest BCUT2D eigenvalue weighted by Gasteiger charge is 2.38. The molecular weight excluding hydrogens is 271 g/mol. The van der Waals surface area contributed by atoms with Crippen molar-refractivity contribution < 1.29 is 22.6 Å². The van der Waals surface area contributed by atoms with Crippen molar-refractivity contribution in [2.45, 2.75) is 37.8 Å². The topological polar surface area (TPSA) is 44.5 Å². The fourth-order valence-corrected chi connectivity index (χ4v) is 2.22. The van der Waals surface area contributed by atoms with E-state index in [1.165, 1.54) is 6.07 Å². The first kappa shape index (κ1) is 15.3. The Morgan fingerprint density at radius 1 is 1.20 bits per heavy atom. The van der Waals surface area contributed by atoms with Crippen molar-refractivity contribution in [1.82, 2.24) is 0 Å². The first-order valence-corrected chi connectivity index (χ1v) is 6.62. The van der Waals surface area contributed by atoms with Crippen LogP contribution in [0.25, 0.3) is 0 Å². The highest BCUT2D eigenvalue weighted by Crippen LogP contribution is 2.32. The molecule has 0 amide bonds.